The molecule has 0 aromatic heterocycles. The Hall–Kier alpha value is -3.64. The summed E-state index contributed by atoms with van der Waals surface area (Å²) in [5.74, 6) is 0.354. The average Bonchev–Trinajstić information content (AvgIpc) is 2.96. The van der Waals surface area contributed by atoms with Crippen molar-refractivity contribution in [2.24, 2.45) is 5.92 Å². The molecule has 3 aromatic rings. The van der Waals surface area contributed by atoms with Gasteiger partial charge in [0.25, 0.3) is 0 Å². The van der Waals surface area contributed by atoms with Crippen LogP contribution in [0.1, 0.15) is 80.5 Å². The minimum atomic E-state index is -0.468. The van der Waals surface area contributed by atoms with Crippen molar-refractivity contribution in [3.63, 3.8) is 0 Å². The van der Waals surface area contributed by atoms with E-state index in [2.05, 4.69) is 13.8 Å². The molecule has 6 nitrogen and oxygen atoms in total. The second kappa shape index (κ2) is 15.1. The van der Waals surface area contributed by atoms with Crippen molar-refractivity contribution in [2.75, 3.05) is 13.2 Å². The first kappa shape index (κ1) is 29.9. The number of ketones is 1. The predicted octanol–water partition coefficient (Wildman–Crippen LogP) is 7.87. The summed E-state index contributed by atoms with van der Waals surface area (Å²) in [7, 11) is 0. The van der Waals surface area contributed by atoms with E-state index in [0.717, 1.165) is 24.0 Å². The van der Waals surface area contributed by atoms with Crippen LogP contribution in [0.25, 0.3) is 11.1 Å². The first-order valence-electron chi connectivity index (χ1n) is 13.9. The van der Waals surface area contributed by atoms with Crippen LogP contribution in [0.3, 0.4) is 0 Å². The molecule has 3 rings (SSSR count). The van der Waals surface area contributed by atoms with E-state index in [1.807, 2.05) is 13.8 Å². The molecule has 0 saturated carbocycles. The van der Waals surface area contributed by atoms with Crippen molar-refractivity contribution in [1.82, 2.24) is 0 Å². The molecule has 0 saturated heterocycles. The summed E-state index contributed by atoms with van der Waals surface area (Å²) in [6.07, 6.45) is 5.39. The molecule has 0 radical (unpaired) electrons. The number of ether oxygens (including phenoxy) is 3. The quantitative estimate of drug-likeness (QED) is 0.0928. The van der Waals surface area contributed by atoms with Gasteiger partial charge in [-0.25, -0.2) is 4.79 Å². The molecule has 2 atom stereocenters. The van der Waals surface area contributed by atoms with Gasteiger partial charge < -0.3 is 19.3 Å². The Bertz CT molecular complexity index is 1200. The van der Waals surface area contributed by atoms with Crippen molar-refractivity contribution in [3.05, 3.63) is 77.9 Å². The zero-order valence-electron chi connectivity index (χ0n) is 23.4. The summed E-state index contributed by atoms with van der Waals surface area (Å²) < 4.78 is 17.2. The molecular weight excluding hydrogens is 492 g/mol. The maximum Gasteiger partial charge on any atom is 0.343 e. The van der Waals surface area contributed by atoms with E-state index in [4.69, 9.17) is 14.2 Å². The first-order chi connectivity index (χ1) is 18.9. The van der Waals surface area contributed by atoms with Gasteiger partial charge in [0.1, 0.15) is 23.9 Å². The number of phenolic OH excluding ortho intramolecular Hbond substituents is 1. The van der Waals surface area contributed by atoms with Crippen LogP contribution in [0.2, 0.25) is 0 Å². The Morgan fingerprint density at radius 2 is 1.49 bits per heavy atom. The third kappa shape index (κ3) is 8.69. The normalized spacial score (nSPS) is 12.5. The van der Waals surface area contributed by atoms with E-state index in [9.17, 15) is 14.7 Å². The van der Waals surface area contributed by atoms with Crippen molar-refractivity contribution >= 4 is 11.8 Å². The second-order valence-corrected chi connectivity index (χ2v) is 9.74. The van der Waals surface area contributed by atoms with E-state index < -0.39 is 5.97 Å². The number of carbonyl (C=O) groups is 2. The number of benzene rings is 3. The Balaban J connectivity index is 1.52. The number of aromatic hydroxyl groups is 1. The van der Waals surface area contributed by atoms with Crippen molar-refractivity contribution < 1.29 is 28.9 Å². The predicted molar refractivity (Wildman–Crippen MR) is 154 cm³/mol. The summed E-state index contributed by atoms with van der Waals surface area (Å²) in [4.78, 5) is 25.0. The maximum absolute atomic E-state index is 12.6. The lowest BCUT2D eigenvalue weighted by Gasteiger charge is -2.16. The number of Topliss-reactive ketones (excluding diaryl/α,β-unsaturated/α-hetero) is 1. The minimum Gasteiger partial charge on any atom is -0.507 e. The topological polar surface area (TPSA) is 82.1 Å². The van der Waals surface area contributed by atoms with E-state index in [0.29, 0.717) is 42.3 Å². The van der Waals surface area contributed by atoms with Crippen LogP contribution in [-0.2, 0) is 4.74 Å². The Morgan fingerprint density at radius 3 is 2.10 bits per heavy atom. The fourth-order valence-corrected chi connectivity index (χ4v) is 4.15. The van der Waals surface area contributed by atoms with Crippen LogP contribution in [0.5, 0.6) is 17.2 Å². The first-order valence-corrected chi connectivity index (χ1v) is 13.9. The maximum atomic E-state index is 12.6. The van der Waals surface area contributed by atoms with Gasteiger partial charge in [0.15, 0.2) is 5.78 Å². The molecule has 0 aliphatic rings. The molecule has 6 heteroatoms. The van der Waals surface area contributed by atoms with Gasteiger partial charge in [-0.3, -0.25) is 4.79 Å². The van der Waals surface area contributed by atoms with Gasteiger partial charge in [0.2, 0.25) is 0 Å². The third-order valence-corrected chi connectivity index (χ3v) is 6.85. The van der Waals surface area contributed by atoms with E-state index in [1.165, 1.54) is 12.8 Å². The lowest BCUT2D eigenvalue weighted by Crippen LogP contribution is -2.16. The molecule has 0 heterocycles. The van der Waals surface area contributed by atoms with Gasteiger partial charge in [0.05, 0.1) is 23.8 Å². The second-order valence-electron chi connectivity index (χ2n) is 9.74. The summed E-state index contributed by atoms with van der Waals surface area (Å²) >= 11 is 0. The third-order valence-electron chi connectivity index (χ3n) is 6.85. The molecule has 0 fully saturated rings. The number of carbonyl (C=O) groups excluding carboxylic acids is 2. The Labute approximate surface area is 231 Å². The molecule has 0 amide bonds. The highest BCUT2D eigenvalue weighted by atomic mass is 16.5. The summed E-state index contributed by atoms with van der Waals surface area (Å²) in [6.45, 7) is 9.09. The van der Waals surface area contributed by atoms with E-state index >= 15 is 0 Å². The smallest absolute Gasteiger partial charge is 0.343 e. The van der Waals surface area contributed by atoms with Crippen LogP contribution >= 0.6 is 0 Å². The standard InChI is InChI=1S/C33H40O6/c1-5-8-9-27(7-3)37-20-21-38-28-15-12-25(13-16-28)33(36)39-29-17-10-24(11-18-29)26-14-19-30(31(34)22-26)32(35)23(4)6-2/h10-19,22-23,27,34H,5-9,20-21H2,1-4H3/t23-,27-/m0/s1. The highest BCUT2D eigenvalue weighted by Gasteiger charge is 2.17. The Morgan fingerprint density at radius 1 is 0.821 bits per heavy atom. The molecule has 0 aliphatic carbocycles. The molecular formula is C33H40O6. The lowest BCUT2D eigenvalue weighted by atomic mass is 9.94. The van der Waals surface area contributed by atoms with Crippen LogP contribution in [0.15, 0.2) is 66.7 Å². The van der Waals surface area contributed by atoms with Crippen molar-refractivity contribution in [2.45, 2.75) is 65.9 Å². The average molecular weight is 533 g/mol. The largest absolute Gasteiger partial charge is 0.507 e. The minimum absolute atomic E-state index is 0.0367. The molecule has 0 spiro atoms. The fraction of sp³-hybridized carbons (Fsp3) is 0.394. The number of hydrogen-bond acceptors (Lipinski definition) is 6. The monoisotopic (exact) mass is 532 g/mol. The molecule has 39 heavy (non-hydrogen) atoms. The molecule has 3 aromatic carbocycles. The SMILES string of the molecule is CCCC[C@H](CC)OCCOc1ccc(C(=O)Oc2ccc(-c3ccc(C(=O)[C@@H](C)CC)c(O)c3)cc2)cc1. The van der Waals surface area contributed by atoms with Gasteiger partial charge >= 0.3 is 5.97 Å². The highest BCUT2D eigenvalue weighted by Crippen LogP contribution is 2.30. The van der Waals surface area contributed by atoms with Crippen LogP contribution < -0.4 is 9.47 Å². The fourth-order valence-electron chi connectivity index (χ4n) is 4.15. The van der Waals surface area contributed by atoms with E-state index in [1.54, 1.807) is 66.7 Å². The van der Waals surface area contributed by atoms with Gasteiger partial charge in [-0.2, -0.15) is 0 Å². The molecule has 0 bridgehead atoms. The van der Waals surface area contributed by atoms with Crippen LogP contribution in [-0.4, -0.2) is 36.2 Å². The van der Waals surface area contributed by atoms with Crippen molar-refractivity contribution in [3.8, 4) is 28.4 Å². The molecule has 208 valence electrons. The molecule has 1 N–H and O–H groups in total. The summed E-state index contributed by atoms with van der Waals surface area (Å²) in [6, 6.07) is 18.9. The number of rotatable bonds is 15. The number of phenols is 1. The van der Waals surface area contributed by atoms with Gasteiger partial charge in [-0.05, 0) is 78.9 Å². The number of unbranched alkanes of at least 4 members (excludes halogenated alkanes) is 1. The lowest BCUT2D eigenvalue weighted by molar-refractivity contribution is 0.0256. The van der Waals surface area contributed by atoms with Gasteiger partial charge in [-0.15, -0.1) is 0 Å². The van der Waals surface area contributed by atoms with Crippen LogP contribution in [0.4, 0.5) is 0 Å². The number of hydrogen-bond donors (Lipinski definition) is 1. The number of esters is 1. The van der Waals surface area contributed by atoms with Crippen LogP contribution in [0, 0.1) is 5.92 Å². The van der Waals surface area contributed by atoms with E-state index in [-0.39, 0.29) is 23.6 Å². The highest BCUT2D eigenvalue weighted by molar-refractivity contribution is 6.00. The van der Waals surface area contributed by atoms with Crippen molar-refractivity contribution in [1.29, 1.82) is 0 Å². The zero-order valence-corrected chi connectivity index (χ0v) is 23.4. The zero-order chi connectivity index (χ0) is 28.2. The summed E-state index contributed by atoms with van der Waals surface area (Å²) in [5.41, 5.74) is 2.34. The Kier molecular flexibility index (Phi) is 11.6. The molecule has 0 aliphatic heterocycles. The summed E-state index contributed by atoms with van der Waals surface area (Å²) in [5, 5.41) is 10.4. The molecule has 0 unspecified atom stereocenters. The van der Waals surface area contributed by atoms with Gasteiger partial charge in [-0.1, -0.05) is 58.7 Å². The van der Waals surface area contributed by atoms with Gasteiger partial charge in [0, 0.05) is 5.92 Å².